The van der Waals surface area contributed by atoms with Gasteiger partial charge in [-0.05, 0) is 24.5 Å². The van der Waals surface area contributed by atoms with Crippen molar-refractivity contribution in [2.45, 2.75) is 25.9 Å². The van der Waals surface area contributed by atoms with Gasteiger partial charge in [0.25, 0.3) is 0 Å². The molecule has 0 aromatic heterocycles. The highest BCUT2D eigenvalue weighted by atomic mass is 19.1. The molecule has 0 amide bonds. The quantitative estimate of drug-likeness (QED) is 0.819. The van der Waals surface area contributed by atoms with Crippen molar-refractivity contribution >= 4 is 0 Å². The third kappa shape index (κ3) is 2.34. The zero-order chi connectivity index (χ0) is 10.8. The van der Waals surface area contributed by atoms with Crippen LogP contribution in [0, 0.1) is 23.1 Å². The van der Waals surface area contributed by atoms with Crippen LogP contribution >= 0.6 is 0 Å². The van der Waals surface area contributed by atoms with Crippen LogP contribution in [0.1, 0.15) is 24.5 Å². The standard InChI is InChI=1S/C12H13FN2/c1-8-4-12(8)15-7-10-3-2-9(6-14)5-11(10)13/h2-3,5,8,12,15H,4,7H2,1H3. The van der Waals surface area contributed by atoms with Gasteiger partial charge in [0.05, 0.1) is 11.6 Å². The van der Waals surface area contributed by atoms with Crippen LogP contribution in [-0.2, 0) is 6.54 Å². The molecule has 1 aliphatic carbocycles. The Kier molecular flexibility index (Phi) is 2.70. The second-order valence-corrected chi connectivity index (χ2v) is 4.12. The molecular formula is C12H13FN2. The fourth-order valence-corrected chi connectivity index (χ4v) is 1.61. The van der Waals surface area contributed by atoms with Crippen LogP contribution in [0.2, 0.25) is 0 Å². The molecule has 2 atom stereocenters. The molecule has 0 radical (unpaired) electrons. The van der Waals surface area contributed by atoms with Crippen LogP contribution in [0.3, 0.4) is 0 Å². The molecular weight excluding hydrogens is 191 g/mol. The van der Waals surface area contributed by atoms with E-state index >= 15 is 0 Å². The first kappa shape index (κ1) is 10.1. The fourth-order valence-electron chi connectivity index (χ4n) is 1.61. The summed E-state index contributed by atoms with van der Waals surface area (Å²) in [5.41, 5.74) is 1.00. The summed E-state index contributed by atoms with van der Waals surface area (Å²) in [7, 11) is 0. The fraction of sp³-hybridized carbons (Fsp3) is 0.417. The van der Waals surface area contributed by atoms with E-state index < -0.39 is 0 Å². The second-order valence-electron chi connectivity index (χ2n) is 4.12. The number of hydrogen-bond donors (Lipinski definition) is 1. The average Bonchev–Trinajstić information content (AvgIpc) is 2.93. The Morgan fingerprint density at radius 2 is 2.33 bits per heavy atom. The molecule has 2 nitrogen and oxygen atoms in total. The van der Waals surface area contributed by atoms with Crippen molar-refractivity contribution in [2.24, 2.45) is 5.92 Å². The topological polar surface area (TPSA) is 35.8 Å². The molecule has 15 heavy (non-hydrogen) atoms. The highest BCUT2D eigenvalue weighted by molar-refractivity contribution is 5.32. The molecule has 1 fully saturated rings. The summed E-state index contributed by atoms with van der Waals surface area (Å²) in [6, 6.07) is 7.07. The molecule has 0 saturated heterocycles. The monoisotopic (exact) mass is 204 g/mol. The maximum absolute atomic E-state index is 13.4. The van der Waals surface area contributed by atoms with Crippen LogP contribution in [0.5, 0.6) is 0 Å². The average molecular weight is 204 g/mol. The summed E-state index contributed by atoms with van der Waals surface area (Å²) in [4.78, 5) is 0. The van der Waals surface area contributed by atoms with Gasteiger partial charge in [0, 0.05) is 18.2 Å². The first-order valence-corrected chi connectivity index (χ1v) is 5.12. The lowest BCUT2D eigenvalue weighted by Crippen LogP contribution is -2.17. The van der Waals surface area contributed by atoms with E-state index in [4.69, 9.17) is 5.26 Å². The number of benzene rings is 1. The lowest BCUT2D eigenvalue weighted by molar-refractivity contribution is 0.579. The van der Waals surface area contributed by atoms with Gasteiger partial charge in [0.2, 0.25) is 0 Å². The third-order valence-electron chi connectivity index (χ3n) is 2.85. The molecule has 0 heterocycles. The van der Waals surface area contributed by atoms with Gasteiger partial charge < -0.3 is 5.32 Å². The normalized spacial score (nSPS) is 23.5. The Bertz CT molecular complexity index is 409. The van der Waals surface area contributed by atoms with Crippen LogP contribution in [0.15, 0.2) is 18.2 Å². The van der Waals surface area contributed by atoms with Crippen LogP contribution in [0.25, 0.3) is 0 Å². The van der Waals surface area contributed by atoms with Crippen molar-refractivity contribution in [3.63, 3.8) is 0 Å². The molecule has 2 rings (SSSR count). The van der Waals surface area contributed by atoms with Crippen LogP contribution in [-0.4, -0.2) is 6.04 Å². The van der Waals surface area contributed by atoms with Crippen molar-refractivity contribution < 1.29 is 4.39 Å². The van der Waals surface area contributed by atoms with Crippen molar-refractivity contribution in [1.29, 1.82) is 5.26 Å². The molecule has 1 saturated carbocycles. The Labute approximate surface area is 88.7 Å². The molecule has 1 aliphatic rings. The minimum absolute atomic E-state index is 0.296. The van der Waals surface area contributed by atoms with Gasteiger partial charge in [-0.2, -0.15) is 5.26 Å². The van der Waals surface area contributed by atoms with Gasteiger partial charge in [-0.15, -0.1) is 0 Å². The second kappa shape index (κ2) is 4.00. The maximum Gasteiger partial charge on any atom is 0.129 e. The molecule has 0 bridgehead atoms. The number of nitrogens with zero attached hydrogens (tertiary/aromatic N) is 1. The van der Waals surface area contributed by atoms with Crippen LogP contribution in [0.4, 0.5) is 4.39 Å². The number of halogens is 1. The van der Waals surface area contributed by atoms with Crippen molar-refractivity contribution in [2.75, 3.05) is 0 Å². The van der Waals surface area contributed by atoms with E-state index in [9.17, 15) is 4.39 Å². The van der Waals surface area contributed by atoms with Gasteiger partial charge in [-0.1, -0.05) is 13.0 Å². The van der Waals surface area contributed by atoms with Gasteiger partial charge in [-0.25, -0.2) is 4.39 Å². The first-order valence-electron chi connectivity index (χ1n) is 5.12. The van der Waals surface area contributed by atoms with Gasteiger partial charge in [0.1, 0.15) is 5.82 Å². The molecule has 1 aromatic carbocycles. The zero-order valence-electron chi connectivity index (χ0n) is 8.63. The molecule has 3 heteroatoms. The largest absolute Gasteiger partial charge is 0.310 e. The summed E-state index contributed by atoms with van der Waals surface area (Å²) in [5, 5.41) is 11.9. The summed E-state index contributed by atoms with van der Waals surface area (Å²) in [6.07, 6.45) is 1.18. The van der Waals surface area contributed by atoms with Crippen molar-refractivity contribution in [1.82, 2.24) is 5.32 Å². The molecule has 1 aromatic rings. The highest BCUT2D eigenvalue weighted by Gasteiger charge is 2.31. The lowest BCUT2D eigenvalue weighted by Gasteiger charge is -2.04. The molecule has 0 spiro atoms. The SMILES string of the molecule is CC1CC1NCc1ccc(C#N)cc1F. The Morgan fingerprint density at radius 1 is 1.60 bits per heavy atom. The summed E-state index contributed by atoms with van der Waals surface area (Å²) >= 11 is 0. The van der Waals surface area contributed by atoms with E-state index in [-0.39, 0.29) is 5.82 Å². The van der Waals surface area contributed by atoms with Gasteiger partial charge in [0.15, 0.2) is 0 Å². The van der Waals surface area contributed by atoms with E-state index in [1.807, 2.05) is 6.07 Å². The summed E-state index contributed by atoms with van der Waals surface area (Å²) in [6.45, 7) is 2.72. The Morgan fingerprint density at radius 3 is 2.87 bits per heavy atom. The predicted molar refractivity (Wildman–Crippen MR) is 55.5 cm³/mol. The minimum Gasteiger partial charge on any atom is -0.310 e. The minimum atomic E-state index is -0.296. The van der Waals surface area contributed by atoms with E-state index in [1.165, 1.54) is 12.5 Å². The Balaban J connectivity index is 1.99. The van der Waals surface area contributed by atoms with E-state index in [0.29, 0.717) is 29.6 Å². The number of nitriles is 1. The number of hydrogen-bond acceptors (Lipinski definition) is 2. The highest BCUT2D eigenvalue weighted by Crippen LogP contribution is 2.29. The van der Waals surface area contributed by atoms with Crippen molar-refractivity contribution in [3.05, 3.63) is 35.1 Å². The molecule has 78 valence electrons. The van der Waals surface area contributed by atoms with Crippen molar-refractivity contribution in [3.8, 4) is 6.07 Å². The van der Waals surface area contributed by atoms with E-state index in [1.54, 1.807) is 12.1 Å². The summed E-state index contributed by atoms with van der Waals surface area (Å²) in [5.74, 6) is 0.418. The molecule has 1 N–H and O–H groups in total. The molecule has 0 aliphatic heterocycles. The van der Waals surface area contributed by atoms with E-state index in [2.05, 4.69) is 12.2 Å². The third-order valence-corrected chi connectivity index (χ3v) is 2.85. The maximum atomic E-state index is 13.4. The van der Waals surface area contributed by atoms with Crippen LogP contribution < -0.4 is 5.32 Å². The van der Waals surface area contributed by atoms with E-state index in [0.717, 1.165) is 0 Å². The smallest absolute Gasteiger partial charge is 0.129 e. The number of rotatable bonds is 3. The molecule has 2 unspecified atom stereocenters. The Hall–Kier alpha value is -1.40. The van der Waals surface area contributed by atoms with Gasteiger partial charge in [-0.3, -0.25) is 0 Å². The number of nitrogens with one attached hydrogen (secondary N) is 1. The first-order chi connectivity index (χ1) is 7.20. The summed E-state index contributed by atoms with van der Waals surface area (Å²) < 4.78 is 13.4. The predicted octanol–water partition coefficient (Wildman–Crippen LogP) is 2.20. The van der Waals surface area contributed by atoms with Gasteiger partial charge >= 0.3 is 0 Å². The zero-order valence-corrected chi connectivity index (χ0v) is 8.63. The lowest BCUT2D eigenvalue weighted by atomic mass is 10.1.